The highest BCUT2D eigenvalue weighted by atomic mass is 16.3. The van der Waals surface area contributed by atoms with E-state index in [0.717, 1.165) is 22.5 Å². The third-order valence-electron chi connectivity index (χ3n) is 3.94. The first-order valence-electron chi connectivity index (χ1n) is 6.80. The number of benzene rings is 1. The van der Waals surface area contributed by atoms with E-state index < -0.39 is 5.41 Å². The van der Waals surface area contributed by atoms with E-state index in [1.807, 2.05) is 55.9 Å². The minimum absolute atomic E-state index is 0.0986. The van der Waals surface area contributed by atoms with Crippen LogP contribution in [0.2, 0.25) is 0 Å². The van der Waals surface area contributed by atoms with Crippen LogP contribution in [-0.2, 0) is 18.9 Å². The molecule has 0 fully saturated rings. The summed E-state index contributed by atoms with van der Waals surface area (Å²) >= 11 is 0. The number of aliphatic hydroxyl groups excluding tert-OH is 2. The largest absolute Gasteiger partial charge is 0.395 e. The normalized spacial score (nSPS) is 11.8. The lowest BCUT2D eigenvalue weighted by Crippen LogP contribution is -2.38. The summed E-state index contributed by atoms with van der Waals surface area (Å²) < 4.78 is 1.81. The maximum Gasteiger partial charge on any atom is 0.0596 e. The van der Waals surface area contributed by atoms with Crippen LogP contribution in [0.15, 0.2) is 30.3 Å². The second-order valence-electron chi connectivity index (χ2n) is 5.49. The van der Waals surface area contributed by atoms with Gasteiger partial charge >= 0.3 is 0 Å². The van der Waals surface area contributed by atoms with Gasteiger partial charge in [0.05, 0.1) is 18.9 Å². The molecule has 0 radical (unpaired) electrons. The van der Waals surface area contributed by atoms with Crippen molar-refractivity contribution >= 4 is 0 Å². The van der Waals surface area contributed by atoms with E-state index in [4.69, 9.17) is 0 Å². The fraction of sp³-hybridized carbons (Fsp3) is 0.438. The van der Waals surface area contributed by atoms with Gasteiger partial charge in [-0.1, -0.05) is 24.3 Å². The molecule has 0 aliphatic rings. The fourth-order valence-electron chi connectivity index (χ4n) is 2.77. The Morgan fingerprint density at radius 1 is 1.15 bits per heavy atom. The first kappa shape index (κ1) is 14.8. The standard InChI is InChI=1S/C16H22N2O2/c1-12-6-4-5-7-15(12)16(10-19,11-20)9-14-8-13(2)17-18(14)3/h4-8,19-20H,9-11H2,1-3H3. The minimum Gasteiger partial charge on any atom is -0.395 e. The molecule has 0 aliphatic carbocycles. The highest BCUT2D eigenvalue weighted by Crippen LogP contribution is 2.30. The first-order chi connectivity index (χ1) is 9.52. The van der Waals surface area contributed by atoms with Crippen molar-refractivity contribution in [1.82, 2.24) is 9.78 Å². The molecule has 0 amide bonds. The lowest BCUT2D eigenvalue weighted by Gasteiger charge is -2.31. The number of aromatic nitrogens is 2. The van der Waals surface area contributed by atoms with Gasteiger partial charge in [0.25, 0.3) is 0 Å². The van der Waals surface area contributed by atoms with Crippen molar-refractivity contribution in [3.05, 3.63) is 52.8 Å². The van der Waals surface area contributed by atoms with Crippen molar-refractivity contribution in [2.24, 2.45) is 7.05 Å². The summed E-state index contributed by atoms with van der Waals surface area (Å²) in [4.78, 5) is 0. The molecule has 4 heteroatoms. The van der Waals surface area contributed by atoms with E-state index in [1.165, 1.54) is 0 Å². The van der Waals surface area contributed by atoms with E-state index in [9.17, 15) is 10.2 Å². The second-order valence-corrected chi connectivity index (χ2v) is 5.49. The Morgan fingerprint density at radius 3 is 2.30 bits per heavy atom. The summed E-state index contributed by atoms with van der Waals surface area (Å²) in [7, 11) is 1.89. The molecule has 0 saturated carbocycles. The first-order valence-corrected chi connectivity index (χ1v) is 6.80. The molecule has 0 unspecified atom stereocenters. The smallest absolute Gasteiger partial charge is 0.0596 e. The van der Waals surface area contributed by atoms with Crippen molar-refractivity contribution in [3.63, 3.8) is 0 Å². The zero-order valence-electron chi connectivity index (χ0n) is 12.3. The van der Waals surface area contributed by atoms with Gasteiger partial charge < -0.3 is 10.2 Å². The zero-order chi connectivity index (χ0) is 14.8. The number of aryl methyl sites for hydroxylation is 3. The molecule has 0 spiro atoms. The van der Waals surface area contributed by atoms with Crippen molar-refractivity contribution in [2.75, 3.05) is 13.2 Å². The summed E-state index contributed by atoms with van der Waals surface area (Å²) in [5.41, 5.74) is 3.34. The van der Waals surface area contributed by atoms with Gasteiger partial charge in [-0.05, 0) is 31.0 Å². The Morgan fingerprint density at radius 2 is 1.80 bits per heavy atom. The number of rotatable bonds is 5. The minimum atomic E-state index is -0.675. The van der Waals surface area contributed by atoms with Crippen LogP contribution in [0.25, 0.3) is 0 Å². The molecule has 4 nitrogen and oxygen atoms in total. The van der Waals surface area contributed by atoms with E-state index in [2.05, 4.69) is 5.10 Å². The molecule has 0 aliphatic heterocycles. The van der Waals surface area contributed by atoms with Crippen LogP contribution in [0.4, 0.5) is 0 Å². The Labute approximate surface area is 119 Å². The summed E-state index contributed by atoms with van der Waals surface area (Å²) in [6.45, 7) is 3.75. The number of hydrogen-bond donors (Lipinski definition) is 2. The van der Waals surface area contributed by atoms with Crippen LogP contribution in [-0.4, -0.2) is 33.2 Å². The second kappa shape index (κ2) is 5.77. The predicted molar refractivity (Wildman–Crippen MR) is 78.7 cm³/mol. The number of nitrogens with zero attached hydrogens (tertiary/aromatic N) is 2. The third kappa shape index (κ3) is 2.62. The van der Waals surface area contributed by atoms with Gasteiger partial charge in [0.15, 0.2) is 0 Å². The summed E-state index contributed by atoms with van der Waals surface area (Å²) in [5.74, 6) is 0. The summed E-state index contributed by atoms with van der Waals surface area (Å²) in [6, 6.07) is 9.89. The van der Waals surface area contributed by atoms with Crippen LogP contribution in [0.3, 0.4) is 0 Å². The Balaban J connectivity index is 2.45. The monoisotopic (exact) mass is 274 g/mol. The van der Waals surface area contributed by atoms with Crippen LogP contribution in [0.1, 0.15) is 22.5 Å². The van der Waals surface area contributed by atoms with Gasteiger partial charge in [-0.15, -0.1) is 0 Å². The molecule has 1 heterocycles. The van der Waals surface area contributed by atoms with Gasteiger partial charge in [0.1, 0.15) is 0 Å². The molecule has 2 N–H and O–H groups in total. The molecule has 0 atom stereocenters. The quantitative estimate of drug-likeness (QED) is 0.868. The Hall–Kier alpha value is -1.65. The molecular formula is C16H22N2O2. The topological polar surface area (TPSA) is 58.3 Å². The van der Waals surface area contributed by atoms with Gasteiger partial charge in [-0.25, -0.2) is 0 Å². The van der Waals surface area contributed by atoms with E-state index in [0.29, 0.717) is 6.42 Å². The molecule has 1 aromatic carbocycles. The lowest BCUT2D eigenvalue weighted by atomic mass is 9.76. The molecule has 0 saturated heterocycles. The van der Waals surface area contributed by atoms with Crippen molar-refractivity contribution < 1.29 is 10.2 Å². The summed E-state index contributed by atoms with van der Waals surface area (Å²) in [5, 5.41) is 24.2. The van der Waals surface area contributed by atoms with Crippen LogP contribution < -0.4 is 0 Å². The van der Waals surface area contributed by atoms with Crippen molar-refractivity contribution in [2.45, 2.75) is 25.7 Å². The molecule has 20 heavy (non-hydrogen) atoms. The SMILES string of the molecule is Cc1cc(CC(CO)(CO)c2ccccc2C)n(C)n1. The van der Waals surface area contributed by atoms with Crippen LogP contribution in [0, 0.1) is 13.8 Å². The maximum absolute atomic E-state index is 9.92. The maximum atomic E-state index is 9.92. The van der Waals surface area contributed by atoms with E-state index in [1.54, 1.807) is 0 Å². The van der Waals surface area contributed by atoms with Gasteiger partial charge in [-0.3, -0.25) is 4.68 Å². The van der Waals surface area contributed by atoms with Gasteiger partial charge in [-0.2, -0.15) is 5.10 Å². The zero-order valence-corrected chi connectivity index (χ0v) is 12.3. The number of aliphatic hydroxyl groups is 2. The highest BCUT2D eigenvalue weighted by molar-refractivity contribution is 5.35. The molecule has 1 aromatic heterocycles. The predicted octanol–water partition coefficient (Wildman–Crippen LogP) is 1.50. The van der Waals surface area contributed by atoms with Crippen LogP contribution in [0.5, 0.6) is 0 Å². The average molecular weight is 274 g/mol. The van der Waals surface area contributed by atoms with Crippen LogP contribution >= 0.6 is 0 Å². The molecule has 108 valence electrons. The lowest BCUT2D eigenvalue weighted by molar-refractivity contribution is 0.114. The van der Waals surface area contributed by atoms with Gasteiger partial charge in [0, 0.05) is 24.6 Å². The van der Waals surface area contributed by atoms with Crippen molar-refractivity contribution in [1.29, 1.82) is 0 Å². The van der Waals surface area contributed by atoms with E-state index >= 15 is 0 Å². The van der Waals surface area contributed by atoms with E-state index in [-0.39, 0.29) is 13.2 Å². The average Bonchev–Trinajstić information content (AvgIpc) is 2.75. The number of hydrogen-bond acceptors (Lipinski definition) is 3. The third-order valence-corrected chi connectivity index (χ3v) is 3.94. The highest BCUT2D eigenvalue weighted by Gasteiger charge is 2.33. The fourth-order valence-corrected chi connectivity index (χ4v) is 2.77. The summed E-state index contributed by atoms with van der Waals surface area (Å²) in [6.07, 6.45) is 0.558. The van der Waals surface area contributed by atoms with Gasteiger partial charge in [0.2, 0.25) is 0 Å². The van der Waals surface area contributed by atoms with Crippen molar-refractivity contribution in [3.8, 4) is 0 Å². The molecular weight excluding hydrogens is 252 g/mol. The molecule has 2 rings (SSSR count). The Kier molecular flexibility index (Phi) is 4.26. The Bertz CT molecular complexity index is 586. The molecule has 0 bridgehead atoms. The molecule has 2 aromatic rings.